The number of aliphatic hydroxyl groups excluding tert-OH is 4. The van der Waals surface area contributed by atoms with Crippen LogP contribution in [0.4, 0.5) is 5.82 Å². The summed E-state index contributed by atoms with van der Waals surface area (Å²) in [5.74, 6) is 1.79. The molecule has 0 spiro atoms. The molecule has 0 amide bonds. The Hall–Kier alpha value is -2.01. The first-order valence-electron chi connectivity index (χ1n) is 12.0. The normalized spacial score (nSPS) is 24.9. The summed E-state index contributed by atoms with van der Waals surface area (Å²) in [7, 11) is 3.95. The summed E-state index contributed by atoms with van der Waals surface area (Å²) in [6, 6.07) is 10.0. The van der Waals surface area contributed by atoms with Gasteiger partial charge in [-0.25, -0.2) is 4.98 Å². The van der Waals surface area contributed by atoms with Gasteiger partial charge >= 0.3 is 0 Å². The van der Waals surface area contributed by atoms with E-state index in [1.165, 1.54) is 0 Å². The van der Waals surface area contributed by atoms with E-state index < -0.39 is 37.3 Å². The highest BCUT2D eigenvalue weighted by atomic mass is 16.6. The molecule has 0 aliphatic carbocycles. The minimum absolute atomic E-state index is 0.361. The fraction of sp³-hybridized carbons (Fsp3) is 0.640. The molecule has 1 aliphatic rings. The number of pyridine rings is 1. The largest absolute Gasteiger partial charge is 0.494 e. The molecule has 1 fully saturated rings. The van der Waals surface area contributed by atoms with Crippen molar-refractivity contribution in [2.24, 2.45) is 0 Å². The second-order valence-corrected chi connectivity index (χ2v) is 8.95. The maximum atomic E-state index is 10.1. The van der Waals surface area contributed by atoms with Gasteiger partial charge in [0.2, 0.25) is 0 Å². The summed E-state index contributed by atoms with van der Waals surface area (Å²) in [6.07, 6.45) is 0.0122. The first kappa shape index (κ1) is 26.6. The molecule has 1 aliphatic heterocycles. The molecule has 1 saturated heterocycles. The van der Waals surface area contributed by atoms with Crippen molar-refractivity contribution in [3.8, 4) is 5.75 Å². The van der Waals surface area contributed by atoms with Gasteiger partial charge in [-0.3, -0.25) is 0 Å². The number of fused-ring (bicyclic) bond motifs is 1. The van der Waals surface area contributed by atoms with Crippen molar-refractivity contribution in [3.63, 3.8) is 0 Å². The van der Waals surface area contributed by atoms with E-state index in [9.17, 15) is 20.4 Å². The number of aromatic nitrogens is 1. The maximum Gasteiger partial charge on any atom is 0.184 e. The Morgan fingerprint density at radius 1 is 0.912 bits per heavy atom. The highest BCUT2D eigenvalue weighted by molar-refractivity contribution is 5.81. The minimum Gasteiger partial charge on any atom is -0.494 e. The third-order valence-corrected chi connectivity index (χ3v) is 6.06. The van der Waals surface area contributed by atoms with Crippen LogP contribution < -0.4 is 9.64 Å². The van der Waals surface area contributed by atoms with Gasteiger partial charge in [0.1, 0.15) is 36.0 Å². The standard InChI is InChI=1S/C25H38N2O7/c1-27(2)21-12-9-17-15-18(10-11-19(17)26-21)32-13-7-5-3-4-6-8-14-33-24-22(29)20(16-28)34-25(31)23(24)30/h9-12,15,20,22-25,28-31H,3-8,13-14,16H2,1-2H3/t20-,22-,23-,24+,25?/m1/s1. The molecule has 5 atom stereocenters. The number of unbranched alkanes of at least 4 members (excludes halogenated alkanes) is 5. The molecular formula is C25H38N2O7. The van der Waals surface area contributed by atoms with Crippen molar-refractivity contribution in [2.45, 2.75) is 69.2 Å². The first-order valence-corrected chi connectivity index (χ1v) is 12.0. The molecule has 0 radical (unpaired) electrons. The quantitative estimate of drug-likeness (QED) is 0.319. The summed E-state index contributed by atoms with van der Waals surface area (Å²) in [6.45, 7) is 0.579. The van der Waals surface area contributed by atoms with E-state index in [1.54, 1.807) is 0 Å². The van der Waals surface area contributed by atoms with Gasteiger partial charge in [-0.2, -0.15) is 0 Å². The number of ether oxygens (including phenoxy) is 3. The van der Waals surface area contributed by atoms with Gasteiger partial charge in [-0.1, -0.05) is 25.7 Å². The van der Waals surface area contributed by atoms with E-state index >= 15 is 0 Å². The Morgan fingerprint density at radius 2 is 1.62 bits per heavy atom. The third-order valence-electron chi connectivity index (χ3n) is 6.06. The average Bonchev–Trinajstić information content (AvgIpc) is 2.83. The van der Waals surface area contributed by atoms with Gasteiger partial charge in [0, 0.05) is 26.1 Å². The third kappa shape index (κ3) is 7.24. The molecule has 4 N–H and O–H groups in total. The summed E-state index contributed by atoms with van der Waals surface area (Å²) < 4.78 is 16.4. The highest BCUT2D eigenvalue weighted by Gasteiger charge is 2.44. The van der Waals surface area contributed by atoms with Crippen molar-refractivity contribution in [1.29, 1.82) is 0 Å². The zero-order valence-corrected chi connectivity index (χ0v) is 20.0. The minimum atomic E-state index is -1.48. The van der Waals surface area contributed by atoms with Crippen molar-refractivity contribution >= 4 is 16.7 Å². The highest BCUT2D eigenvalue weighted by Crippen LogP contribution is 2.24. The first-order chi connectivity index (χ1) is 16.4. The zero-order chi connectivity index (χ0) is 24.5. The Morgan fingerprint density at radius 3 is 2.32 bits per heavy atom. The number of benzene rings is 1. The van der Waals surface area contributed by atoms with Gasteiger partial charge in [0.25, 0.3) is 0 Å². The SMILES string of the molecule is CN(C)c1ccc2cc(OCCCCCCCCO[C@H]3[C@H](O)[C@@H](CO)OC(O)[C@@H]3O)ccc2n1. The Kier molecular flexibility index (Phi) is 10.3. The number of hydrogen-bond donors (Lipinski definition) is 4. The number of nitrogens with zero attached hydrogens (tertiary/aromatic N) is 2. The van der Waals surface area contributed by atoms with E-state index in [-0.39, 0.29) is 0 Å². The predicted octanol–water partition coefficient (Wildman–Crippen LogP) is 1.84. The van der Waals surface area contributed by atoms with Crippen molar-refractivity contribution in [2.75, 3.05) is 38.8 Å². The van der Waals surface area contributed by atoms with E-state index in [0.29, 0.717) is 13.2 Å². The van der Waals surface area contributed by atoms with Crippen molar-refractivity contribution in [3.05, 3.63) is 30.3 Å². The van der Waals surface area contributed by atoms with Crippen LogP contribution in [0.5, 0.6) is 5.75 Å². The van der Waals surface area contributed by atoms with Crippen LogP contribution in [0.1, 0.15) is 38.5 Å². The van der Waals surface area contributed by atoms with E-state index in [1.807, 2.05) is 43.3 Å². The van der Waals surface area contributed by atoms with E-state index in [2.05, 4.69) is 11.1 Å². The molecule has 9 heteroatoms. The molecule has 9 nitrogen and oxygen atoms in total. The van der Waals surface area contributed by atoms with Gasteiger partial charge in [-0.15, -0.1) is 0 Å². The molecule has 0 saturated carbocycles. The molecule has 2 heterocycles. The molecule has 1 aromatic carbocycles. The summed E-state index contributed by atoms with van der Waals surface area (Å²) in [4.78, 5) is 6.60. The second-order valence-electron chi connectivity index (χ2n) is 8.95. The molecule has 34 heavy (non-hydrogen) atoms. The fourth-order valence-corrected chi connectivity index (χ4v) is 4.02. The summed E-state index contributed by atoms with van der Waals surface area (Å²) in [5.41, 5.74) is 0.952. The lowest BCUT2D eigenvalue weighted by Gasteiger charge is -2.39. The molecule has 3 rings (SSSR count). The van der Waals surface area contributed by atoms with Gasteiger partial charge < -0.3 is 39.5 Å². The zero-order valence-electron chi connectivity index (χ0n) is 20.0. The monoisotopic (exact) mass is 478 g/mol. The lowest BCUT2D eigenvalue weighted by atomic mass is 9.99. The Balaban J connectivity index is 1.25. The summed E-state index contributed by atoms with van der Waals surface area (Å²) >= 11 is 0. The van der Waals surface area contributed by atoms with Crippen molar-refractivity contribution < 1.29 is 34.6 Å². The molecule has 2 aromatic rings. The average molecular weight is 479 g/mol. The van der Waals surface area contributed by atoms with Crippen molar-refractivity contribution in [1.82, 2.24) is 4.98 Å². The Bertz CT molecular complexity index is 881. The van der Waals surface area contributed by atoms with Crippen LogP contribution in [0.25, 0.3) is 10.9 Å². The second kappa shape index (κ2) is 13.2. The fourth-order valence-electron chi connectivity index (χ4n) is 4.02. The lowest BCUT2D eigenvalue weighted by molar-refractivity contribution is -0.294. The van der Waals surface area contributed by atoms with Gasteiger partial charge in [-0.05, 0) is 43.2 Å². The Labute approximate surface area is 200 Å². The van der Waals surface area contributed by atoms with Crippen LogP contribution in [0.2, 0.25) is 0 Å². The van der Waals surface area contributed by atoms with Crippen LogP contribution in [-0.4, -0.2) is 90.0 Å². The van der Waals surface area contributed by atoms with Gasteiger partial charge in [0.15, 0.2) is 6.29 Å². The lowest BCUT2D eigenvalue weighted by Crippen LogP contribution is -2.59. The van der Waals surface area contributed by atoms with Crippen LogP contribution in [-0.2, 0) is 9.47 Å². The molecule has 1 unspecified atom stereocenters. The van der Waals surface area contributed by atoms with Gasteiger partial charge in [0.05, 0.1) is 18.7 Å². The number of hydrogen-bond acceptors (Lipinski definition) is 9. The number of anilines is 1. The van der Waals surface area contributed by atoms with E-state index in [4.69, 9.17) is 14.2 Å². The van der Waals surface area contributed by atoms with Crippen LogP contribution in [0, 0.1) is 0 Å². The molecule has 1 aromatic heterocycles. The molecular weight excluding hydrogens is 440 g/mol. The number of rotatable bonds is 13. The molecule has 0 bridgehead atoms. The van der Waals surface area contributed by atoms with Crippen LogP contribution >= 0.6 is 0 Å². The van der Waals surface area contributed by atoms with Crippen LogP contribution in [0.15, 0.2) is 30.3 Å². The van der Waals surface area contributed by atoms with E-state index in [0.717, 1.165) is 61.0 Å². The smallest absolute Gasteiger partial charge is 0.184 e. The number of aliphatic hydroxyl groups is 4. The van der Waals surface area contributed by atoms with Crippen LogP contribution in [0.3, 0.4) is 0 Å². The predicted molar refractivity (Wildman–Crippen MR) is 129 cm³/mol. The summed E-state index contributed by atoms with van der Waals surface area (Å²) in [5, 5.41) is 40.0. The topological polar surface area (TPSA) is 125 Å². The molecule has 190 valence electrons. The maximum absolute atomic E-state index is 10.1.